The molecule has 4 nitrogen and oxygen atoms in total. The van der Waals surface area contributed by atoms with E-state index in [4.69, 9.17) is 11.6 Å². The van der Waals surface area contributed by atoms with Crippen LogP contribution < -0.4 is 5.32 Å². The molecule has 6 heteroatoms. The predicted octanol–water partition coefficient (Wildman–Crippen LogP) is 6.97. The Bertz CT molecular complexity index is 1180. The van der Waals surface area contributed by atoms with Crippen molar-refractivity contribution < 1.29 is 9.59 Å². The van der Waals surface area contributed by atoms with Crippen LogP contribution in [0.15, 0.2) is 78.9 Å². The van der Waals surface area contributed by atoms with Gasteiger partial charge in [-0.25, -0.2) is 0 Å². The molecule has 1 atom stereocenters. The average molecular weight is 549 g/mol. The second kappa shape index (κ2) is 14.4. The van der Waals surface area contributed by atoms with E-state index in [1.165, 1.54) is 17.5 Å². The van der Waals surface area contributed by atoms with Gasteiger partial charge < -0.3 is 10.2 Å². The molecule has 0 aliphatic heterocycles. The number of aryl methyl sites for hydroxylation is 1. The highest BCUT2D eigenvalue weighted by molar-refractivity contribution is 7.99. The first-order valence-electron chi connectivity index (χ1n) is 13.5. The number of carbonyl (C=O) groups is 2. The molecule has 1 fully saturated rings. The number of carbonyl (C=O) groups excluding carboxylic acids is 2. The van der Waals surface area contributed by atoms with Gasteiger partial charge in [0.15, 0.2) is 0 Å². The van der Waals surface area contributed by atoms with Crippen LogP contribution in [-0.2, 0) is 28.3 Å². The van der Waals surface area contributed by atoms with Gasteiger partial charge in [0.05, 0.1) is 5.75 Å². The summed E-state index contributed by atoms with van der Waals surface area (Å²) in [7, 11) is 0. The molecule has 0 heterocycles. The standard InChI is InChI=1S/C32H37ClN2O2S/c1-24-15-17-26(18-16-24)22-38-23-31(36)35(21-27-11-8-12-28(33)19-27)30(20-25-9-4-2-5-10-25)32(37)34-29-13-6-3-7-14-29/h2,4-5,8-12,15-19,29-30H,3,6-7,13-14,20-23H2,1H3,(H,34,37)/t30-/m0/s1. The average Bonchev–Trinajstić information content (AvgIpc) is 2.93. The molecule has 3 aromatic rings. The summed E-state index contributed by atoms with van der Waals surface area (Å²) < 4.78 is 0. The molecule has 38 heavy (non-hydrogen) atoms. The molecule has 0 saturated heterocycles. The summed E-state index contributed by atoms with van der Waals surface area (Å²) in [6.45, 7) is 2.40. The Hall–Kier alpha value is -2.76. The van der Waals surface area contributed by atoms with E-state index >= 15 is 0 Å². The van der Waals surface area contributed by atoms with Gasteiger partial charge in [-0.3, -0.25) is 9.59 Å². The van der Waals surface area contributed by atoms with Crippen LogP contribution in [0.4, 0.5) is 0 Å². The van der Waals surface area contributed by atoms with Crippen LogP contribution in [0.5, 0.6) is 0 Å². The maximum Gasteiger partial charge on any atom is 0.243 e. The number of rotatable bonds is 11. The molecule has 0 unspecified atom stereocenters. The highest BCUT2D eigenvalue weighted by Gasteiger charge is 2.31. The van der Waals surface area contributed by atoms with Crippen molar-refractivity contribution in [3.63, 3.8) is 0 Å². The lowest BCUT2D eigenvalue weighted by molar-refractivity contribution is -0.139. The van der Waals surface area contributed by atoms with Crippen molar-refractivity contribution >= 4 is 35.2 Å². The molecule has 2 amide bonds. The van der Waals surface area contributed by atoms with Crippen molar-refractivity contribution in [2.24, 2.45) is 0 Å². The molecular weight excluding hydrogens is 512 g/mol. The van der Waals surface area contributed by atoms with Crippen LogP contribution in [0.25, 0.3) is 0 Å². The van der Waals surface area contributed by atoms with E-state index in [1.807, 2.05) is 54.6 Å². The largest absolute Gasteiger partial charge is 0.352 e. The molecule has 1 N–H and O–H groups in total. The molecule has 4 rings (SSSR count). The molecule has 200 valence electrons. The molecule has 1 aliphatic rings. The lowest BCUT2D eigenvalue weighted by Crippen LogP contribution is -2.53. The van der Waals surface area contributed by atoms with Crippen molar-refractivity contribution in [2.45, 2.75) is 69.8 Å². The second-order valence-corrected chi connectivity index (χ2v) is 11.6. The summed E-state index contributed by atoms with van der Waals surface area (Å²) in [5, 5.41) is 3.91. The topological polar surface area (TPSA) is 49.4 Å². The lowest BCUT2D eigenvalue weighted by Gasteiger charge is -2.33. The van der Waals surface area contributed by atoms with Gasteiger partial charge in [-0.1, -0.05) is 103 Å². The van der Waals surface area contributed by atoms with Crippen LogP contribution >= 0.6 is 23.4 Å². The highest BCUT2D eigenvalue weighted by atomic mass is 35.5. The molecule has 1 aliphatic carbocycles. The number of nitrogens with one attached hydrogen (secondary N) is 1. The van der Waals surface area contributed by atoms with Gasteiger partial charge in [-0.05, 0) is 48.6 Å². The summed E-state index contributed by atoms with van der Waals surface area (Å²) in [5.41, 5.74) is 4.35. The van der Waals surface area contributed by atoms with Gasteiger partial charge in [0.25, 0.3) is 0 Å². The summed E-state index contributed by atoms with van der Waals surface area (Å²) >= 11 is 7.87. The van der Waals surface area contributed by atoms with Crippen molar-refractivity contribution in [3.8, 4) is 0 Å². The summed E-state index contributed by atoms with van der Waals surface area (Å²) in [6, 6.07) is 25.5. The van der Waals surface area contributed by atoms with E-state index in [0.29, 0.717) is 23.7 Å². The van der Waals surface area contributed by atoms with Gasteiger partial charge in [0, 0.05) is 29.8 Å². The zero-order valence-corrected chi connectivity index (χ0v) is 23.6. The van der Waals surface area contributed by atoms with Gasteiger partial charge >= 0.3 is 0 Å². The minimum absolute atomic E-state index is 0.0400. The Labute approximate surface area is 236 Å². The number of hydrogen-bond acceptors (Lipinski definition) is 3. The van der Waals surface area contributed by atoms with Crippen LogP contribution in [0.2, 0.25) is 5.02 Å². The fraction of sp³-hybridized carbons (Fsp3) is 0.375. The third-order valence-corrected chi connectivity index (χ3v) is 8.30. The number of hydrogen-bond donors (Lipinski definition) is 1. The van der Waals surface area contributed by atoms with Gasteiger partial charge in [-0.2, -0.15) is 0 Å². The molecule has 0 aromatic heterocycles. The molecule has 0 bridgehead atoms. The van der Waals surface area contributed by atoms with Crippen LogP contribution in [0.3, 0.4) is 0 Å². The normalized spacial score (nSPS) is 14.6. The van der Waals surface area contributed by atoms with E-state index in [2.05, 4.69) is 36.5 Å². The maximum atomic E-state index is 13.8. The van der Waals surface area contributed by atoms with Crippen LogP contribution in [-0.4, -0.2) is 34.6 Å². The minimum Gasteiger partial charge on any atom is -0.352 e. The van der Waals surface area contributed by atoms with Crippen molar-refractivity contribution in [3.05, 3.63) is 106 Å². The fourth-order valence-electron chi connectivity index (χ4n) is 4.95. The Balaban J connectivity index is 1.56. The van der Waals surface area contributed by atoms with Crippen molar-refractivity contribution in [2.75, 3.05) is 5.75 Å². The number of amides is 2. The monoisotopic (exact) mass is 548 g/mol. The highest BCUT2D eigenvalue weighted by Crippen LogP contribution is 2.22. The first-order chi connectivity index (χ1) is 18.5. The smallest absolute Gasteiger partial charge is 0.243 e. The Morgan fingerprint density at radius 2 is 1.63 bits per heavy atom. The quantitative estimate of drug-likeness (QED) is 0.281. The Kier molecular flexibility index (Phi) is 10.7. The molecular formula is C32H37ClN2O2S. The Morgan fingerprint density at radius 3 is 2.34 bits per heavy atom. The number of nitrogens with zero attached hydrogens (tertiary/aromatic N) is 1. The van der Waals surface area contributed by atoms with E-state index in [0.717, 1.165) is 42.6 Å². The van der Waals surface area contributed by atoms with E-state index < -0.39 is 6.04 Å². The maximum absolute atomic E-state index is 13.8. The summed E-state index contributed by atoms with van der Waals surface area (Å²) in [5.74, 6) is 0.937. The number of halogens is 1. The van der Waals surface area contributed by atoms with Crippen LogP contribution in [0.1, 0.15) is 54.4 Å². The first kappa shape index (κ1) is 28.3. The SMILES string of the molecule is Cc1ccc(CSCC(=O)N(Cc2cccc(Cl)c2)[C@@H](Cc2ccccc2)C(=O)NC2CCCCC2)cc1. The van der Waals surface area contributed by atoms with E-state index in [1.54, 1.807) is 16.7 Å². The Morgan fingerprint density at radius 1 is 0.921 bits per heavy atom. The predicted molar refractivity (Wildman–Crippen MR) is 158 cm³/mol. The van der Waals surface area contributed by atoms with Gasteiger partial charge in [-0.15, -0.1) is 11.8 Å². The lowest BCUT2D eigenvalue weighted by atomic mass is 9.94. The number of thioether (sulfide) groups is 1. The summed E-state index contributed by atoms with van der Waals surface area (Å²) in [6.07, 6.45) is 5.95. The van der Waals surface area contributed by atoms with Crippen molar-refractivity contribution in [1.82, 2.24) is 10.2 Å². The molecule has 0 radical (unpaired) electrons. The first-order valence-corrected chi connectivity index (χ1v) is 15.0. The number of benzene rings is 3. The molecule has 0 spiro atoms. The van der Waals surface area contributed by atoms with E-state index in [9.17, 15) is 9.59 Å². The van der Waals surface area contributed by atoms with Crippen LogP contribution in [0, 0.1) is 6.92 Å². The third kappa shape index (κ3) is 8.64. The zero-order chi connectivity index (χ0) is 26.7. The minimum atomic E-state index is -0.606. The molecule has 1 saturated carbocycles. The van der Waals surface area contributed by atoms with Crippen molar-refractivity contribution in [1.29, 1.82) is 0 Å². The zero-order valence-electron chi connectivity index (χ0n) is 22.1. The fourth-order valence-corrected chi connectivity index (χ4v) is 6.04. The van der Waals surface area contributed by atoms with E-state index in [-0.39, 0.29) is 17.9 Å². The summed E-state index contributed by atoms with van der Waals surface area (Å²) in [4.78, 5) is 29.4. The van der Waals surface area contributed by atoms with Gasteiger partial charge in [0.2, 0.25) is 11.8 Å². The third-order valence-electron chi connectivity index (χ3n) is 7.08. The molecule has 3 aromatic carbocycles. The van der Waals surface area contributed by atoms with Gasteiger partial charge in [0.1, 0.15) is 6.04 Å². The second-order valence-electron chi connectivity index (χ2n) is 10.2.